The van der Waals surface area contributed by atoms with Crippen LogP contribution >= 0.6 is 0 Å². The molecule has 2 heterocycles. The molecular weight excluding hydrogens is 371 g/mol. The number of ether oxygens (including phenoxy) is 1. The van der Waals surface area contributed by atoms with Gasteiger partial charge in [-0.2, -0.15) is 0 Å². The lowest BCUT2D eigenvalue weighted by Crippen LogP contribution is -2.47. The average Bonchev–Trinajstić information content (AvgIpc) is 3.10. The molecule has 1 N–H and O–H groups in total. The van der Waals surface area contributed by atoms with Crippen molar-refractivity contribution in [1.29, 1.82) is 0 Å². The summed E-state index contributed by atoms with van der Waals surface area (Å²) >= 11 is 0. The predicted octanol–water partition coefficient (Wildman–Crippen LogP) is 3.07. The van der Waals surface area contributed by atoms with E-state index in [1.54, 1.807) is 23.1 Å². The Labute approximate surface area is 172 Å². The van der Waals surface area contributed by atoms with Gasteiger partial charge in [-0.3, -0.25) is 9.59 Å². The van der Waals surface area contributed by atoms with Gasteiger partial charge in [0.25, 0.3) is 0 Å². The van der Waals surface area contributed by atoms with E-state index in [4.69, 9.17) is 4.74 Å². The molecule has 1 aromatic carbocycles. The molecule has 5 nitrogen and oxygen atoms in total. The molecule has 2 amide bonds. The van der Waals surface area contributed by atoms with Gasteiger partial charge in [0.2, 0.25) is 11.8 Å². The van der Waals surface area contributed by atoms with E-state index in [-0.39, 0.29) is 41.4 Å². The van der Waals surface area contributed by atoms with Gasteiger partial charge in [-0.05, 0) is 37.3 Å². The summed E-state index contributed by atoms with van der Waals surface area (Å²) in [5.41, 5.74) is 0.190. The summed E-state index contributed by atoms with van der Waals surface area (Å²) in [4.78, 5) is 27.9. The molecule has 1 unspecified atom stereocenters. The summed E-state index contributed by atoms with van der Waals surface area (Å²) < 4.78 is 19.6. The highest BCUT2D eigenvalue weighted by molar-refractivity contribution is 5.84. The van der Waals surface area contributed by atoms with Gasteiger partial charge in [-0.25, -0.2) is 4.39 Å². The van der Waals surface area contributed by atoms with Gasteiger partial charge < -0.3 is 15.0 Å². The molecule has 1 atom stereocenters. The summed E-state index contributed by atoms with van der Waals surface area (Å²) in [6.07, 6.45) is 7.29. The third kappa shape index (κ3) is 4.47. The average molecular weight is 403 g/mol. The van der Waals surface area contributed by atoms with Gasteiger partial charge in [-0.1, -0.05) is 37.5 Å². The number of rotatable bonds is 4. The Morgan fingerprint density at radius 3 is 2.59 bits per heavy atom. The molecule has 1 aromatic rings. The van der Waals surface area contributed by atoms with Crippen LogP contribution < -0.4 is 5.32 Å². The topological polar surface area (TPSA) is 58.6 Å². The smallest absolute Gasteiger partial charge is 0.227 e. The largest absolute Gasteiger partial charge is 0.381 e. The fourth-order valence-electron chi connectivity index (χ4n) is 5.27. The molecule has 0 radical (unpaired) electrons. The van der Waals surface area contributed by atoms with Crippen LogP contribution in [0.1, 0.15) is 50.5 Å². The van der Waals surface area contributed by atoms with Gasteiger partial charge in [0, 0.05) is 37.8 Å². The number of carbonyl (C=O) groups is 2. The first-order valence-corrected chi connectivity index (χ1v) is 11.0. The molecule has 1 saturated carbocycles. The van der Waals surface area contributed by atoms with Gasteiger partial charge in [0.15, 0.2) is 0 Å². The van der Waals surface area contributed by atoms with Crippen LogP contribution in [-0.2, 0) is 20.7 Å². The number of carbonyl (C=O) groups excluding carboxylic acids is 2. The number of amides is 2. The highest BCUT2D eigenvalue weighted by atomic mass is 19.1. The third-order valence-electron chi connectivity index (χ3n) is 7.06. The van der Waals surface area contributed by atoms with Crippen LogP contribution in [0.5, 0.6) is 0 Å². The predicted molar refractivity (Wildman–Crippen MR) is 108 cm³/mol. The van der Waals surface area contributed by atoms with Crippen molar-refractivity contribution in [2.45, 2.75) is 57.4 Å². The number of nitrogens with zero attached hydrogens (tertiary/aromatic N) is 1. The summed E-state index contributed by atoms with van der Waals surface area (Å²) in [5, 5.41) is 3.27. The number of nitrogens with one attached hydrogen (secondary N) is 1. The second-order valence-corrected chi connectivity index (χ2v) is 8.91. The molecule has 3 aliphatic rings. The number of likely N-dealkylation sites (tertiary alicyclic amines) is 1. The molecule has 2 aliphatic heterocycles. The zero-order valence-corrected chi connectivity index (χ0v) is 17.0. The van der Waals surface area contributed by atoms with E-state index in [0.29, 0.717) is 31.9 Å². The lowest BCUT2D eigenvalue weighted by atomic mass is 9.71. The van der Waals surface area contributed by atoms with Crippen LogP contribution in [0.2, 0.25) is 0 Å². The molecule has 1 aliphatic carbocycles. The van der Waals surface area contributed by atoms with E-state index in [0.717, 1.165) is 25.7 Å². The zero-order chi connectivity index (χ0) is 20.3. The van der Waals surface area contributed by atoms with Crippen LogP contribution in [0.4, 0.5) is 4.39 Å². The van der Waals surface area contributed by atoms with Crippen LogP contribution in [0.15, 0.2) is 24.3 Å². The Morgan fingerprint density at radius 1 is 1.14 bits per heavy atom. The molecule has 0 bridgehead atoms. The number of hydrogen-bond acceptors (Lipinski definition) is 3. The summed E-state index contributed by atoms with van der Waals surface area (Å²) in [7, 11) is 0. The van der Waals surface area contributed by atoms with Crippen molar-refractivity contribution in [2.24, 2.45) is 11.3 Å². The summed E-state index contributed by atoms with van der Waals surface area (Å²) in [5.74, 6) is -0.584. The maximum atomic E-state index is 14.0. The molecule has 1 spiro atoms. The molecule has 29 heavy (non-hydrogen) atoms. The van der Waals surface area contributed by atoms with Crippen molar-refractivity contribution < 1.29 is 18.7 Å². The second kappa shape index (κ2) is 8.82. The molecule has 2 saturated heterocycles. The maximum absolute atomic E-state index is 14.0. The monoisotopic (exact) mass is 402 g/mol. The zero-order valence-electron chi connectivity index (χ0n) is 17.0. The van der Waals surface area contributed by atoms with Crippen molar-refractivity contribution in [3.05, 3.63) is 35.6 Å². The Kier molecular flexibility index (Phi) is 6.18. The van der Waals surface area contributed by atoms with Crippen LogP contribution in [-0.4, -0.2) is 49.1 Å². The number of benzene rings is 1. The first-order chi connectivity index (χ1) is 14.1. The minimum absolute atomic E-state index is 0.0379. The quantitative estimate of drug-likeness (QED) is 0.842. The van der Waals surface area contributed by atoms with Crippen molar-refractivity contribution in [1.82, 2.24) is 10.2 Å². The van der Waals surface area contributed by atoms with Gasteiger partial charge in [0.05, 0.1) is 12.3 Å². The highest BCUT2D eigenvalue weighted by Gasteiger charge is 2.51. The Bertz CT molecular complexity index is 741. The fourth-order valence-corrected chi connectivity index (χ4v) is 5.27. The van der Waals surface area contributed by atoms with E-state index >= 15 is 0 Å². The molecule has 0 aromatic heterocycles. The first kappa shape index (κ1) is 20.3. The lowest BCUT2D eigenvalue weighted by Gasteiger charge is -2.37. The van der Waals surface area contributed by atoms with Gasteiger partial charge in [-0.15, -0.1) is 0 Å². The van der Waals surface area contributed by atoms with E-state index in [1.165, 1.54) is 25.3 Å². The van der Waals surface area contributed by atoms with Crippen LogP contribution in [0.25, 0.3) is 0 Å². The van der Waals surface area contributed by atoms with E-state index < -0.39 is 0 Å². The fraction of sp³-hybridized carbons (Fsp3) is 0.652. The second-order valence-electron chi connectivity index (χ2n) is 8.91. The molecule has 6 heteroatoms. The normalized spacial score (nSPS) is 24.6. The van der Waals surface area contributed by atoms with Crippen molar-refractivity contribution >= 4 is 11.8 Å². The third-order valence-corrected chi connectivity index (χ3v) is 7.06. The van der Waals surface area contributed by atoms with Crippen LogP contribution in [0, 0.1) is 17.2 Å². The van der Waals surface area contributed by atoms with E-state index in [2.05, 4.69) is 5.32 Å². The van der Waals surface area contributed by atoms with Gasteiger partial charge in [0.1, 0.15) is 5.82 Å². The van der Waals surface area contributed by atoms with Crippen molar-refractivity contribution in [3.63, 3.8) is 0 Å². The number of halogens is 1. The highest BCUT2D eigenvalue weighted by Crippen LogP contribution is 2.44. The summed E-state index contributed by atoms with van der Waals surface area (Å²) in [6.45, 7) is 2.24. The maximum Gasteiger partial charge on any atom is 0.227 e. The molecule has 158 valence electrons. The first-order valence-electron chi connectivity index (χ1n) is 11.0. The van der Waals surface area contributed by atoms with Crippen LogP contribution in [0.3, 0.4) is 0 Å². The van der Waals surface area contributed by atoms with E-state index in [1.807, 2.05) is 0 Å². The molecule has 4 rings (SSSR count). The van der Waals surface area contributed by atoms with Gasteiger partial charge >= 0.3 is 0 Å². The molecule has 3 fully saturated rings. The van der Waals surface area contributed by atoms with Crippen molar-refractivity contribution in [3.8, 4) is 0 Å². The van der Waals surface area contributed by atoms with E-state index in [9.17, 15) is 14.0 Å². The minimum Gasteiger partial charge on any atom is -0.381 e. The Balaban J connectivity index is 1.47. The summed E-state index contributed by atoms with van der Waals surface area (Å²) in [6, 6.07) is 6.67. The SMILES string of the molecule is O=C(NC1CCCCC1)C1CN(C(=O)Cc2ccccc2F)CC12CCOCC2. The van der Waals surface area contributed by atoms with Crippen molar-refractivity contribution in [2.75, 3.05) is 26.3 Å². The molecular formula is C23H31FN2O3. The Morgan fingerprint density at radius 2 is 1.86 bits per heavy atom. The lowest BCUT2D eigenvalue weighted by molar-refractivity contribution is -0.130. The number of hydrogen-bond donors (Lipinski definition) is 1. The standard InChI is InChI=1S/C23H31FN2O3/c24-20-9-5-4-6-17(20)14-21(27)26-15-19(23(16-26)10-12-29-13-11-23)22(28)25-18-7-2-1-3-8-18/h4-6,9,18-19H,1-3,7-8,10-16H2,(H,25,28). The Hall–Kier alpha value is -1.95. The minimum atomic E-state index is -0.354.